The molecular weight excluding hydrogens is 355 g/mol. The number of alkyl halides is 1. The summed E-state index contributed by atoms with van der Waals surface area (Å²) >= 11 is 2.37. The van der Waals surface area contributed by atoms with Gasteiger partial charge in [-0.2, -0.15) is 0 Å². The van der Waals surface area contributed by atoms with Gasteiger partial charge in [0.1, 0.15) is 5.60 Å². The van der Waals surface area contributed by atoms with Crippen LogP contribution in [0.4, 0.5) is 0 Å². The van der Waals surface area contributed by atoms with E-state index in [4.69, 9.17) is 9.47 Å². The molecule has 112 valence electrons. The molecule has 0 spiro atoms. The Labute approximate surface area is 130 Å². The smallest absolute Gasteiger partial charge is 0.309 e. The third-order valence-corrected chi connectivity index (χ3v) is 4.13. The molecule has 0 aromatic carbocycles. The van der Waals surface area contributed by atoms with Crippen molar-refractivity contribution in [2.75, 3.05) is 17.6 Å². The fraction of sp³-hybridized carbons (Fsp3) is 0.933. The first-order chi connectivity index (χ1) is 8.92. The minimum atomic E-state index is -0.365. The fourth-order valence-electron chi connectivity index (χ4n) is 2.36. The standard InChI is InChI=1S/C15H27IO3/c1-15(2,3)19-14(17)13-7-5-12(6-8-13)11-18-10-4-9-16/h12-13H,4-11H2,1-3H3. The Morgan fingerprint density at radius 3 is 2.37 bits per heavy atom. The molecule has 0 N–H and O–H groups in total. The molecule has 0 aromatic heterocycles. The first kappa shape index (κ1) is 17.2. The number of carbonyl (C=O) groups excluding carboxylic acids is 1. The van der Waals surface area contributed by atoms with Crippen molar-refractivity contribution in [3.63, 3.8) is 0 Å². The van der Waals surface area contributed by atoms with Gasteiger partial charge in [-0.05, 0) is 58.8 Å². The lowest BCUT2D eigenvalue weighted by molar-refractivity contribution is -0.161. The highest BCUT2D eigenvalue weighted by molar-refractivity contribution is 14.1. The van der Waals surface area contributed by atoms with E-state index in [1.807, 2.05) is 20.8 Å². The van der Waals surface area contributed by atoms with E-state index >= 15 is 0 Å². The number of hydrogen-bond acceptors (Lipinski definition) is 3. The number of rotatable bonds is 6. The highest BCUT2D eigenvalue weighted by atomic mass is 127. The molecule has 1 fully saturated rings. The Morgan fingerprint density at radius 1 is 1.21 bits per heavy atom. The molecule has 0 heterocycles. The summed E-state index contributed by atoms with van der Waals surface area (Å²) in [5.74, 6) is 0.717. The average molecular weight is 382 g/mol. The van der Waals surface area contributed by atoms with Gasteiger partial charge in [0, 0.05) is 17.6 Å². The van der Waals surface area contributed by atoms with Crippen LogP contribution in [0.3, 0.4) is 0 Å². The Bertz CT molecular complexity index is 265. The van der Waals surface area contributed by atoms with Gasteiger partial charge < -0.3 is 9.47 Å². The zero-order valence-electron chi connectivity index (χ0n) is 12.4. The van der Waals surface area contributed by atoms with E-state index in [-0.39, 0.29) is 17.5 Å². The van der Waals surface area contributed by atoms with Gasteiger partial charge in [0.15, 0.2) is 0 Å². The molecule has 3 nitrogen and oxygen atoms in total. The second kappa shape index (κ2) is 8.45. The first-order valence-corrected chi connectivity index (χ1v) is 8.81. The Hall–Kier alpha value is 0.160. The molecule has 0 bridgehead atoms. The molecule has 1 aliphatic carbocycles. The Kier molecular flexibility index (Phi) is 7.65. The van der Waals surface area contributed by atoms with Gasteiger partial charge in [0.05, 0.1) is 5.92 Å². The van der Waals surface area contributed by atoms with Crippen LogP contribution in [0.2, 0.25) is 0 Å². The highest BCUT2D eigenvalue weighted by Gasteiger charge is 2.29. The van der Waals surface area contributed by atoms with Gasteiger partial charge in [-0.15, -0.1) is 0 Å². The van der Waals surface area contributed by atoms with Gasteiger partial charge in [-0.25, -0.2) is 0 Å². The second-order valence-electron chi connectivity index (χ2n) is 6.37. The number of carbonyl (C=O) groups is 1. The summed E-state index contributed by atoms with van der Waals surface area (Å²) in [6.45, 7) is 7.51. The molecule has 0 unspecified atom stereocenters. The van der Waals surface area contributed by atoms with E-state index in [0.29, 0.717) is 5.92 Å². The maximum Gasteiger partial charge on any atom is 0.309 e. The normalized spacial score (nSPS) is 24.2. The fourth-order valence-corrected chi connectivity index (χ4v) is 2.67. The monoisotopic (exact) mass is 382 g/mol. The van der Waals surface area contributed by atoms with Crippen molar-refractivity contribution >= 4 is 28.6 Å². The highest BCUT2D eigenvalue weighted by Crippen LogP contribution is 2.30. The van der Waals surface area contributed by atoms with Crippen LogP contribution in [0.15, 0.2) is 0 Å². The third-order valence-electron chi connectivity index (χ3n) is 3.36. The van der Waals surface area contributed by atoms with Crippen molar-refractivity contribution in [3.8, 4) is 0 Å². The van der Waals surface area contributed by atoms with Gasteiger partial charge in [0.2, 0.25) is 0 Å². The average Bonchev–Trinajstić information content (AvgIpc) is 2.33. The van der Waals surface area contributed by atoms with Crippen LogP contribution in [0.1, 0.15) is 52.9 Å². The van der Waals surface area contributed by atoms with Crippen molar-refractivity contribution in [1.29, 1.82) is 0 Å². The van der Waals surface area contributed by atoms with Gasteiger partial charge >= 0.3 is 5.97 Å². The molecule has 1 rings (SSSR count). The molecule has 0 saturated heterocycles. The lowest BCUT2D eigenvalue weighted by Gasteiger charge is -2.29. The van der Waals surface area contributed by atoms with E-state index in [0.717, 1.165) is 49.7 Å². The van der Waals surface area contributed by atoms with Gasteiger partial charge in [-0.1, -0.05) is 22.6 Å². The Balaban J connectivity index is 2.19. The molecule has 0 radical (unpaired) electrons. The molecule has 1 saturated carbocycles. The first-order valence-electron chi connectivity index (χ1n) is 7.29. The molecule has 0 aromatic rings. The largest absolute Gasteiger partial charge is 0.460 e. The number of ether oxygens (including phenoxy) is 2. The summed E-state index contributed by atoms with van der Waals surface area (Å²) < 4.78 is 12.3. The molecule has 19 heavy (non-hydrogen) atoms. The van der Waals surface area contributed by atoms with E-state index in [2.05, 4.69) is 22.6 Å². The number of halogens is 1. The summed E-state index contributed by atoms with van der Waals surface area (Å²) in [6, 6.07) is 0. The van der Waals surface area contributed by atoms with E-state index in [1.54, 1.807) is 0 Å². The van der Waals surface area contributed by atoms with Crippen LogP contribution in [-0.4, -0.2) is 29.2 Å². The van der Waals surface area contributed by atoms with E-state index < -0.39 is 0 Å². The quantitative estimate of drug-likeness (QED) is 0.302. The summed E-state index contributed by atoms with van der Waals surface area (Å²) in [4.78, 5) is 12.0. The lowest BCUT2D eigenvalue weighted by atomic mass is 9.82. The van der Waals surface area contributed by atoms with Crippen molar-refractivity contribution in [3.05, 3.63) is 0 Å². The lowest BCUT2D eigenvalue weighted by Crippen LogP contribution is -2.31. The summed E-state index contributed by atoms with van der Waals surface area (Å²) in [5.41, 5.74) is -0.365. The summed E-state index contributed by atoms with van der Waals surface area (Å²) in [7, 11) is 0. The summed E-state index contributed by atoms with van der Waals surface area (Å²) in [5, 5.41) is 0. The molecule has 4 heteroatoms. The van der Waals surface area contributed by atoms with Crippen LogP contribution in [0.5, 0.6) is 0 Å². The molecule has 0 aliphatic heterocycles. The van der Waals surface area contributed by atoms with Crippen LogP contribution in [0, 0.1) is 11.8 Å². The zero-order valence-corrected chi connectivity index (χ0v) is 14.6. The van der Waals surface area contributed by atoms with E-state index in [1.165, 1.54) is 0 Å². The van der Waals surface area contributed by atoms with Gasteiger partial charge in [-0.3, -0.25) is 4.79 Å². The predicted octanol–water partition coefficient (Wildman–Crippen LogP) is 3.98. The SMILES string of the molecule is CC(C)(C)OC(=O)C1CCC(COCCCI)CC1. The number of hydrogen-bond donors (Lipinski definition) is 0. The van der Waals surface area contributed by atoms with Crippen molar-refractivity contribution < 1.29 is 14.3 Å². The molecule has 0 atom stereocenters. The minimum Gasteiger partial charge on any atom is -0.460 e. The van der Waals surface area contributed by atoms with E-state index in [9.17, 15) is 4.79 Å². The topological polar surface area (TPSA) is 35.5 Å². The third kappa shape index (κ3) is 7.49. The second-order valence-corrected chi connectivity index (χ2v) is 7.45. The number of esters is 1. The maximum atomic E-state index is 12.0. The predicted molar refractivity (Wildman–Crippen MR) is 85.6 cm³/mol. The van der Waals surface area contributed by atoms with Crippen molar-refractivity contribution in [1.82, 2.24) is 0 Å². The van der Waals surface area contributed by atoms with Gasteiger partial charge in [0.25, 0.3) is 0 Å². The van der Waals surface area contributed by atoms with Crippen LogP contribution in [-0.2, 0) is 14.3 Å². The zero-order chi connectivity index (χ0) is 14.3. The molecule has 1 aliphatic rings. The van der Waals surface area contributed by atoms with Crippen LogP contribution < -0.4 is 0 Å². The van der Waals surface area contributed by atoms with Crippen LogP contribution in [0.25, 0.3) is 0 Å². The molecule has 0 amide bonds. The molecular formula is C15H27IO3. The maximum absolute atomic E-state index is 12.0. The Morgan fingerprint density at radius 2 is 1.84 bits per heavy atom. The minimum absolute atomic E-state index is 0.0169. The van der Waals surface area contributed by atoms with Crippen LogP contribution >= 0.6 is 22.6 Å². The van der Waals surface area contributed by atoms with Crippen molar-refractivity contribution in [2.24, 2.45) is 11.8 Å². The van der Waals surface area contributed by atoms with Crippen molar-refractivity contribution in [2.45, 2.75) is 58.5 Å². The summed E-state index contributed by atoms with van der Waals surface area (Å²) in [6.07, 6.45) is 5.22.